The lowest BCUT2D eigenvalue weighted by atomic mass is 9.87. The summed E-state index contributed by atoms with van der Waals surface area (Å²) in [5.74, 6) is -0.387. The number of urea groups is 1. The van der Waals surface area contributed by atoms with Gasteiger partial charge in [0.25, 0.3) is 0 Å². The van der Waals surface area contributed by atoms with E-state index < -0.39 is 21.8 Å². The van der Waals surface area contributed by atoms with E-state index in [4.69, 9.17) is 5.73 Å². The molecule has 40 heavy (non-hydrogen) atoms. The molecule has 0 aliphatic carbocycles. The third-order valence-electron chi connectivity index (χ3n) is 6.86. The van der Waals surface area contributed by atoms with Crippen LogP contribution in [0.5, 0.6) is 0 Å². The molecule has 5 rings (SSSR count). The number of hydrogen-bond acceptors (Lipinski definition) is 7. The Morgan fingerprint density at radius 2 is 1.80 bits per heavy atom. The van der Waals surface area contributed by atoms with Crippen molar-refractivity contribution in [3.05, 3.63) is 82.9 Å². The lowest BCUT2D eigenvalue weighted by molar-refractivity contribution is 0.100. The highest BCUT2D eigenvalue weighted by molar-refractivity contribution is 7.91. The van der Waals surface area contributed by atoms with Gasteiger partial charge in [-0.2, -0.15) is 5.21 Å². The van der Waals surface area contributed by atoms with Crippen LogP contribution in [-0.4, -0.2) is 46.7 Å². The average molecular weight is 560 g/mol. The summed E-state index contributed by atoms with van der Waals surface area (Å²) >= 11 is 0. The Kier molecular flexibility index (Phi) is 6.88. The van der Waals surface area contributed by atoms with Crippen LogP contribution in [0.2, 0.25) is 0 Å². The fourth-order valence-corrected chi connectivity index (χ4v) is 6.23. The van der Waals surface area contributed by atoms with E-state index >= 15 is 0 Å². The monoisotopic (exact) mass is 559 g/mol. The largest absolute Gasteiger partial charge is 0.366 e. The smallest absolute Gasteiger partial charge is 0.326 e. The zero-order valence-corrected chi connectivity index (χ0v) is 23.1. The van der Waals surface area contributed by atoms with E-state index in [1.807, 2.05) is 24.3 Å². The molecule has 1 aliphatic heterocycles. The van der Waals surface area contributed by atoms with E-state index in [-0.39, 0.29) is 34.0 Å². The average Bonchev–Trinajstić information content (AvgIpc) is 3.55. The molecule has 4 N–H and O–H groups in total. The van der Waals surface area contributed by atoms with E-state index in [9.17, 15) is 18.0 Å². The van der Waals surface area contributed by atoms with Crippen LogP contribution >= 0.6 is 0 Å². The van der Waals surface area contributed by atoms with Crippen molar-refractivity contribution in [3.63, 3.8) is 0 Å². The van der Waals surface area contributed by atoms with Gasteiger partial charge in [-0.15, -0.1) is 10.2 Å². The predicted molar refractivity (Wildman–Crippen MR) is 151 cm³/mol. The number of nitrogens with two attached hydrogens (primary N) is 1. The first-order chi connectivity index (χ1) is 18.9. The first-order valence-electron chi connectivity index (χ1n) is 12.6. The number of amides is 3. The van der Waals surface area contributed by atoms with Crippen LogP contribution in [0, 0.1) is 0 Å². The van der Waals surface area contributed by atoms with Crippen molar-refractivity contribution in [3.8, 4) is 11.4 Å². The maximum atomic E-state index is 13.7. The summed E-state index contributed by atoms with van der Waals surface area (Å²) in [5, 5.41) is 16.7. The Balaban J connectivity index is 1.51. The molecular formula is C28H29N7O4S. The standard InChI is InChI=1S/C28H29N7O4S/c1-28(2,3)19-6-9-21(10-7-19)35(27(37)30-20-8-5-18-12-13-40(38,39)24(18)15-20)16-17-4-11-22(25(29)36)23(14-17)26-31-33-34-32-26/h4-11,14-15H,12-13,16H2,1-3H3,(H2,29,36)(H,30,37)(H,31,32,33,34). The number of carbonyl (C=O) groups is 2. The van der Waals surface area contributed by atoms with Crippen LogP contribution in [0.3, 0.4) is 0 Å². The van der Waals surface area contributed by atoms with Crippen LogP contribution in [0.4, 0.5) is 16.2 Å². The Hall–Kier alpha value is -4.58. The topological polar surface area (TPSA) is 164 Å². The van der Waals surface area contributed by atoms with E-state index in [1.54, 1.807) is 30.3 Å². The Labute approximate surface area is 231 Å². The zero-order chi connectivity index (χ0) is 28.7. The van der Waals surface area contributed by atoms with Gasteiger partial charge in [-0.05, 0) is 70.1 Å². The molecule has 0 atom stereocenters. The van der Waals surface area contributed by atoms with Crippen molar-refractivity contribution >= 4 is 33.2 Å². The summed E-state index contributed by atoms with van der Waals surface area (Å²) in [5.41, 5.74) is 9.61. The van der Waals surface area contributed by atoms with Crippen molar-refractivity contribution in [1.29, 1.82) is 0 Å². The highest BCUT2D eigenvalue weighted by Gasteiger charge is 2.27. The fraction of sp³-hybridized carbons (Fsp3) is 0.250. The molecule has 1 aromatic heterocycles. The lowest BCUT2D eigenvalue weighted by Crippen LogP contribution is -2.34. The maximum absolute atomic E-state index is 13.7. The summed E-state index contributed by atoms with van der Waals surface area (Å²) in [6.45, 7) is 6.43. The Morgan fingerprint density at radius 1 is 1.05 bits per heavy atom. The van der Waals surface area contributed by atoms with Gasteiger partial charge >= 0.3 is 6.03 Å². The molecule has 206 valence electrons. The minimum absolute atomic E-state index is 0.0655. The molecule has 0 radical (unpaired) electrons. The number of aromatic amines is 1. The number of rotatable bonds is 6. The van der Waals surface area contributed by atoms with Crippen LogP contribution < -0.4 is 16.0 Å². The second-order valence-corrected chi connectivity index (χ2v) is 12.8. The number of aryl methyl sites for hydroxylation is 1. The number of hydrogen-bond donors (Lipinski definition) is 3. The normalized spacial score (nSPS) is 14.0. The number of nitrogens with one attached hydrogen (secondary N) is 2. The minimum Gasteiger partial charge on any atom is -0.366 e. The molecule has 0 spiro atoms. The Morgan fingerprint density at radius 3 is 2.45 bits per heavy atom. The fourth-order valence-electron chi connectivity index (χ4n) is 4.64. The number of tetrazole rings is 1. The number of fused-ring (bicyclic) bond motifs is 1. The van der Waals surface area contributed by atoms with Gasteiger partial charge in [0.05, 0.1) is 22.8 Å². The molecule has 0 bridgehead atoms. The molecule has 12 heteroatoms. The molecule has 3 amide bonds. The van der Waals surface area contributed by atoms with Gasteiger partial charge in [0.1, 0.15) is 0 Å². The predicted octanol–water partition coefficient (Wildman–Crippen LogP) is 3.83. The second-order valence-electron chi connectivity index (χ2n) is 10.7. The molecule has 2 heterocycles. The van der Waals surface area contributed by atoms with Crippen LogP contribution in [-0.2, 0) is 28.2 Å². The van der Waals surface area contributed by atoms with E-state index in [0.29, 0.717) is 28.9 Å². The van der Waals surface area contributed by atoms with Gasteiger partial charge in [0.15, 0.2) is 9.84 Å². The van der Waals surface area contributed by atoms with Crippen molar-refractivity contribution in [2.75, 3.05) is 16.0 Å². The van der Waals surface area contributed by atoms with Gasteiger partial charge in [-0.1, -0.05) is 45.0 Å². The molecule has 0 saturated heterocycles. The number of primary amides is 1. The first-order valence-corrected chi connectivity index (χ1v) is 14.3. The third-order valence-corrected chi connectivity index (χ3v) is 8.65. The quantitative estimate of drug-likeness (QED) is 0.323. The zero-order valence-electron chi connectivity index (χ0n) is 22.3. The van der Waals surface area contributed by atoms with Crippen LogP contribution in [0.25, 0.3) is 11.4 Å². The molecule has 0 saturated carbocycles. The number of benzene rings is 3. The second kappa shape index (κ2) is 10.2. The van der Waals surface area contributed by atoms with E-state index in [1.165, 1.54) is 11.0 Å². The molecule has 1 aliphatic rings. The summed E-state index contributed by atoms with van der Waals surface area (Å²) < 4.78 is 24.9. The number of H-pyrrole nitrogens is 1. The SMILES string of the molecule is CC(C)(C)c1ccc(N(Cc2ccc(C(N)=O)c(-c3nn[nH]n3)c2)C(=O)Nc2ccc3c(c2)S(=O)(=O)CC3)cc1. The molecule has 4 aromatic rings. The first kappa shape index (κ1) is 27.0. The number of carbonyl (C=O) groups excluding carboxylic acids is 2. The van der Waals surface area contributed by atoms with Gasteiger partial charge in [-0.25, -0.2) is 13.2 Å². The number of anilines is 2. The van der Waals surface area contributed by atoms with Crippen molar-refractivity contribution in [2.24, 2.45) is 5.73 Å². The molecule has 0 fully saturated rings. The highest BCUT2D eigenvalue weighted by Crippen LogP contribution is 2.30. The highest BCUT2D eigenvalue weighted by atomic mass is 32.2. The summed E-state index contributed by atoms with van der Waals surface area (Å²) in [4.78, 5) is 27.5. The number of nitrogens with zero attached hydrogens (tertiary/aromatic N) is 4. The minimum atomic E-state index is -3.36. The molecule has 0 unspecified atom stereocenters. The van der Waals surface area contributed by atoms with Gasteiger partial charge < -0.3 is 11.1 Å². The van der Waals surface area contributed by atoms with Crippen molar-refractivity contribution in [1.82, 2.24) is 20.6 Å². The summed E-state index contributed by atoms with van der Waals surface area (Å²) in [6, 6.07) is 17.1. The van der Waals surface area contributed by atoms with Crippen molar-refractivity contribution in [2.45, 2.75) is 44.0 Å². The van der Waals surface area contributed by atoms with E-state index in [2.05, 4.69) is 46.7 Å². The Bertz CT molecular complexity index is 1690. The van der Waals surface area contributed by atoms with Gasteiger partial charge in [0.2, 0.25) is 11.7 Å². The van der Waals surface area contributed by atoms with Gasteiger partial charge in [0, 0.05) is 16.9 Å². The lowest BCUT2D eigenvalue weighted by Gasteiger charge is -2.26. The van der Waals surface area contributed by atoms with Crippen LogP contribution in [0.1, 0.15) is 47.8 Å². The van der Waals surface area contributed by atoms with Crippen molar-refractivity contribution < 1.29 is 18.0 Å². The number of aromatic nitrogens is 4. The summed E-state index contributed by atoms with van der Waals surface area (Å²) in [6.07, 6.45) is 0.460. The third kappa shape index (κ3) is 5.43. The molecule has 11 nitrogen and oxygen atoms in total. The summed E-state index contributed by atoms with van der Waals surface area (Å²) in [7, 11) is -3.36. The maximum Gasteiger partial charge on any atom is 0.326 e. The van der Waals surface area contributed by atoms with E-state index in [0.717, 1.165) is 11.1 Å². The van der Waals surface area contributed by atoms with Gasteiger partial charge in [-0.3, -0.25) is 9.69 Å². The van der Waals surface area contributed by atoms with Crippen LogP contribution in [0.15, 0.2) is 65.6 Å². The number of sulfone groups is 1. The molecule has 3 aromatic carbocycles. The molecular weight excluding hydrogens is 530 g/mol.